The summed E-state index contributed by atoms with van der Waals surface area (Å²) in [7, 11) is 0. The van der Waals surface area contributed by atoms with E-state index in [0.29, 0.717) is 13.2 Å². The molecule has 6 heteroatoms. The smallest absolute Gasteiger partial charge is 0.375 e. The summed E-state index contributed by atoms with van der Waals surface area (Å²) in [6.07, 6.45) is -2.95. The third kappa shape index (κ3) is 3.30. The van der Waals surface area contributed by atoms with Gasteiger partial charge in [-0.3, -0.25) is 9.88 Å². The third-order valence-corrected chi connectivity index (χ3v) is 3.59. The van der Waals surface area contributed by atoms with Crippen LogP contribution in [-0.2, 0) is 17.5 Å². The fraction of sp³-hybridized carbons (Fsp3) is 0.643. The molecule has 0 radical (unpaired) electrons. The Morgan fingerprint density at radius 1 is 1.45 bits per heavy atom. The molecule has 0 bridgehead atoms. The topological polar surface area (TPSA) is 25.4 Å². The molecule has 1 aliphatic heterocycles. The third-order valence-electron chi connectivity index (χ3n) is 3.59. The Kier molecular flexibility index (Phi) is 4.07. The van der Waals surface area contributed by atoms with Crippen molar-refractivity contribution in [3.8, 4) is 0 Å². The van der Waals surface area contributed by atoms with Crippen LogP contribution in [0.3, 0.4) is 0 Å². The second-order valence-corrected chi connectivity index (χ2v) is 5.81. The first-order valence-corrected chi connectivity index (χ1v) is 6.58. The summed E-state index contributed by atoms with van der Waals surface area (Å²) >= 11 is 0. The van der Waals surface area contributed by atoms with Gasteiger partial charge in [0.1, 0.15) is 0 Å². The van der Waals surface area contributed by atoms with E-state index in [1.54, 1.807) is 0 Å². The second-order valence-electron chi connectivity index (χ2n) is 5.81. The van der Waals surface area contributed by atoms with Crippen LogP contribution in [0.4, 0.5) is 13.2 Å². The maximum absolute atomic E-state index is 13.0. The van der Waals surface area contributed by atoms with Crippen LogP contribution in [0.5, 0.6) is 0 Å². The number of nitrogens with zero attached hydrogens (tertiary/aromatic N) is 2. The minimum atomic E-state index is -4.37. The van der Waals surface area contributed by atoms with E-state index in [2.05, 4.69) is 4.98 Å². The van der Waals surface area contributed by atoms with Crippen molar-refractivity contribution in [3.05, 3.63) is 29.6 Å². The average Bonchev–Trinajstić information content (AvgIpc) is 2.34. The summed E-state index contributed by atoms with van der Waals surface area (Å²) in [6, 6.07) is 2.40. The van der Waals surface area contributed by atoms with Crippen molar-refractivity contribution >= 4 is 0 Å². The van der Waals surface area contributed by atoms with Gasteiger partial charge in [0.05, 0.1) is 24.0 Å². The number of hydrogen-bond acceptors (Lipinski definition) is 3. The van der Waals surface area contributed by atoms with E-state index in [-0.39, 0.29) is 23.9 Å². The van der Waals surface area contributed by atoms with Crippen molar-refractivity contribution < 1.29 is 17.9 Å². The lowest BCUT2D eigenvalue weighted by atomic mass is 10.00. The van der Waals surface area contributed by atoms with Gasteiger partial charge in [-0.05, 0) is 32.9 Å². The molecule has 2 rings (SSSR count). The molecule has 0 amide bonds. The minimum Gasteiger partial charge on any atom is -0.375 e. The van der Waals surface area contributed by atoms with E-state index < -0.39 is 11.7 Å². The molecule has 0 N–H and O–H groups in total. The standard InChI is InChI=1S/C14H19F3N2O/c1-10-7-19(13(2,3)9-20-10)8-12-11(14(15,16)17)5-4-6-18-12/h4-6,10H,7-9H2,1-3H3/t10-/m0/s1. The highest BCUT2D eigenvalue weighted by Crippen LogP contribution is 2.33. The molecule has 1 aliphatic rings. The Bertz CT molecular complexity index is 474. The normalized spacial score (nSPS) is 23.8. The van der Waals surface area contributed by atoms with Gasteiger partial charge in [0.25, 0.3) is 0 Å². The van der Waals surface area contributed by atoms with E-state index in [1.807, 2.05) is 25.7 Å². The predicted molar refractivity (Wildman–Crippen MR) is 69.1 cm³/mol. The summed E-state index contributed by atoms with van der Waals surface area (Å²) in [5.74, 6) is 0. The van der Waals surface area contributed by atoms with E-state index in [4.69, 9.17) is 4.74 Å². The number of halogens is 3. The lowest BCUT2D eigenvalue weighted by Crippen LogP contribution is -2.55. The van der Waals surface area contributed by atoms with Gasteiger partial charge in [-0.1, -0.05) is 0 Å². The van der Waals surface area contributed by atoms with E-state index in [9.17, 15) is 13.2 Å². The zero-order valence-corrected chi connectivity index (χ0v) is 11.9. The van der Waals surface area contributed by atoms with Gasteiger partial charge in [0, 0.05) is 24.8 Å². The fourth-order valence-corrected chi connectivity index (χ4v) is 2.33. The molecule has 1 atom stereocenters. The molecule has 1 aromatic heterocycles. The van der Waals surface area contributed by atoms with Crippen LogP contribution in [0.25, 0.3) is 0 Å². The molecule has 20 heavy (non-hydrogen) atoms. The summed E-state index contributed by atoms with van der Waals surface area (Å²) < 4.78 is 44.5. The van der Waals surface area contributed by atoms with Gasteiger partial charge >= 0.3 is 6.18 Å². The lowest BCUT2D eigenvalue weighted by molar-refractivity contribution is -0.139. The number of hydrogen-bond donors (Lipinski definition) is 0. The van der Waals surface area contributed by atoms with Gasteiger partial charge in [0.15, 0.2) is 0 Å². The highest BCUT2D eigenvalue weighted by atomic mass is 19.4. The Hall–Kier alpha value is -1.14. The summed E-state index contributed by atoms with van der Waals surface area (Å²) in [5.41, 5.74) is -0.885. The summed E-state index contributed by atoms with van der Waals surface area (Å²) in [6.45, 7) is 7.13. The molecule has 0 saturated carbocycles. The number of morpholine rings is 1. The number of alkyl halides is 3. The van der Waals surface area contributed by atoms with Crippen molar-refractivity contribution in [2.75, 3.05) is 13.2 Å². The number of rotatable bonds is 2. The van der Waals surface area contributed by atoms with Gasteiger partial charge in [-0.15, -0.1) is 0 Å². The average molecular weight is 288 g/mol. The van der Waals surface area contributed by atoms with Crippen LogP contribution in [0.2, 0.25) is 0 Å². The van der Waals surface area contributed by atoms with E-state index in [1.165, 1.54) is 12.3 Å². The zero-order chi connectivity index (χ0) is 15.0. The van der Waals surface area contributed by atoms with Gasteiger partial charge in [-0.25, -0.2) is 0 Å². The molecular weight excluding hydrogens is 269 g/mol. The molecule has 0 aromatic carbocycles. The van der Waals surface area contributed by atoms with Crippen LogP contribution in [-0.4, -0.2) is 34.7 Å². The van der Waals surface area contributed by atoms with E-state index >= 15 is 0 Å². The fourth-order valence-electron chi connectivity index (χ4n) is 2.33. The first-order valence-electron chi connectivity index (χ1n) is 6.58. The maximum Gasteiger partial charge on any atom is 0.418 e. The number of ether oxygens (including phenoxy) is 1. The lowest BCUT2D eigenvalue weighted by Gasteiger charge is -2.44. The predicted octanol–water partition coefficient (Wildman–Crippen LogP) is 3.10. The van der Waals surface area contributed by atoms with Crippen molar-refractivity contribution in [3.63, 3.8) is 0 Å². The van der Waals surface area contributed by atoms with Crippen molar-refractivity contribution in [2.45, 2.75) is 45.1 Å². The monoisotopic (exact) mass is 288 g/mol. The SMILES string of the molecule is C[C@H]1CN(Cc2ncccc2C(F)(F)F)C(C)(C)CO1. The van der Waals surface area contributed by atoms with Crippen LogP contribution in [0.1, 0.15) is 32.0 Å². The quantitative estimate of drug-likeness (QED) is 0.836. The van der Waals surface area contributed by atoms with Crippen molar-refractivity contribution in [1.29, 1.82) is 0 Å². The van der Waals surface area contributed by atoms with Crippen LogP contribution in [0.15, 0.2) is 18.3 Å². The Balaban J connectivity index is 2.25. The molecule has 0 spiro atoms. The number of aromatic nitrogens is 1. The second kappa shape index (κ2) is 5.33. The van der Waals surface area contributed by atoms with Crippen LogP contribution < -0.4 is 0 Å². The molecule has 1 aromatic rings. The maximum atomic E-state index is 13.0. The van der Waals surface area contributed by atoms with Gasteiger partial charge in [0.2, 0.25) is 0 Å². The van der Waals surface area contributed by atoms with Gasteiger partial charge in [-0.2, -0.15) is 13.2 Å². The molecule has 112 valence electrons. The molecular formula is C14H19F3N2O. The molecule has 0 unspecified atom stereocenters. The minimum absolute atomic E-state index is 0.0149. The number of pyridine rings is 1. The molecule has 2 heterocycles. The van der Waals surface area contributed by atoms with E-state index in [0.717, 1.165) is 6.07 Å². The molecule has 1 saturated heterocycles. The summed E-state index contributed by atoms with van der Waals surface area (Å²) in [5, 5.41) is 0. The molecule has 3 nitrogen and oxygen atoms in total. The zero-order valence-electron chi connectivity index (χ0n) is 11.9. The highest BCUT2D eigenvalue weighted by molar-refractivity contribution is 5.23. The van der Waals surface area contributed by atoms with Crippen LogP contribution in [0, 0.1) is 0 Å². The highest BCUT2D eigenvalue weighted by Gasteiger charge is 2.38. The Labute approximate surface area is 116 Å². The Morgan fingerprint density at radius 2 is 2.15 bits per heavy atom. The van der Waals surface area contributed by atoms with Crippen molar-refractivity contribution in [2.24, 2.45) is 0 Å². The Morgan fingerprint density at radius 3 is 2.80 bits per heavy atom. The van der Waals surface area contributed by atoms with Crippen LogP contribution >= 0.6 is 0 Å². The molecule has 1 fully saturated rings. The molecule has 0 aliphatic carbocycles. The van der Waals surface area contributed by atoms with Gasteiger partial charge < -0.3 is 4.74 Å². The first-order chi connectivity index (χ1) is 9.20. The van der Waals surface area contributed by atoms with Crippen molar-refractivity contribution in [1.82, 2.24) is 9.88 Å². The largest absolute Gasteiger partial charge is 0.418 e. The first kappa shape index (κ1) is 15.3. The summed E-state index contributed by atoms with van der Waals surface area (Å²) in [4.78, 5) is 5.93.